The molecule has 1 aliphatic carbocycles. The van der Waals surface area contributed by atoms with Crippen molar-refractivity contribution in [2.75, 3.05) is 13.1 Å². The molecule has 3 N–H and O–H groups in total. The molecule has 2 aromatic carbocycles. The molecule has 8 nitrogen and oxygen atoms in total. The summed E-state index contributed by atoms with van der Waals surface area (Å²) in [6.07, 6.45) is 2.29. The first-order valence-electron chi connectivity index (χ1n) is 11.0. The lowest BCUT2D eigenvalue weighted by Gasteiger charge is -2.26. The summed E-state index contributed by atoms with van der Waals surface area (Å²) >= 11 is 6.25. The van der Waals surface area contributed by atoms with Crippen LogP contribution in [0.2, 0.25) is 5.02 Å². The summed E-state index contributed by atoms with van der Waals surface area (Å²) < 4.78 is 34.5. The van der Waals surface area contributed by atoms with E-state index in [0.717, 1.165) is 0 Å². The summed E-state index contributed by atoms with van der Waals surface area (Å²) in [4.78, 5) is 35.6. The SMILES string of the molecule is O=C(NCCNC(=O)c1ccc(OC2CCC(C(=O)O)CC2)cc1Cl)c1ccc(OC(F)F)cc1. The molecule has 1 saturated carbocycles. The van der Waals surface area contributed by atoms with Crippen LogP contribution in [0.15, 0.2) is 42.5 Å². The van der Waals surface area contributed by atoms with E-state index in [1.807, 2.05) is 0 Å². The first kappa shape index (κ1) is 26.2. The van der Waals surface area contributed by atoms with Gasteiger partial charge in [0, 0.05) is 18.7 Å². The third-order valence-corrected chi connectivity index (χ3v) is 5.86. The number of alkyl halides is 2. The van der Waals surface area contributed by atoms with Gasteiger partial charge in [-0.3, -0.25) is 14.4 Å². The predicted octanol–water partition coefficient (Wildman–Crippen LogP) is 4.12. The maximum absolute atomic E-state index is 12.4. The lowest BCUT2D eigenvalue weighted by atomic mass is 9.87. The lowest BCUT2D eigenvalue weighted by Crippen LogP contribution is -2.34. The average Bonchev–Trinajstić information content (AvgIpc) is 2.82. The van der Waals surface area contributed by atoms with Crippen LogP contribution in [0, 0.1) is 5.92 Å². The second-order valence-corrected chi connectivity index (χ2v) is 8.39. The Morgan fingerprint density at radius 1 is 0.943 bits per heavy atom. The van der Waals surface area contributed by atoms with Gasteiger partial charge in [0.2, 0.25) is 0 Å². The fraction of sp³-hybridized carbons (Fsp3) is 0.375. The molecule has 0 radical (unpaired) electrons. The Balaban J connectivity index is 1.42. The van der Waals surface area contributed by atoms with Crippen LogP contribution < -0.4 is 20.1 Å². The molecule has 0 spiro atoms. The molecule has 0 aliphatic heterocycles. The zero-order valence-corrected chi connectivity index (χ0v) is 19.4. The van der Waals surface area contributed by atoms with E-state index in [1.165, 1.54) is 30.3 Å². The highest BCUT2D eigenvalue weighted by Gasteiger charge is 2.27. The first-order chi connectivity index (χ1) is 16.7. The van der Waals surface area contributed by atoms with Gasteiger partial charge in [-0.15, -0.1) is 0 Å². The molecule has 0 saturated heterocycles. The molecular formula is C24H25ClF2N2O6. The number of nitrogens with one attached hydrogen (secondary N) is 2. The number of carbonyl (C=O) groups excluding carboxylic acids is 2. The fourth-order valence-corrected chi connectivity index (χ4v) is 3.97. The second-order valence-electron chi connectivity index (χ2n) is 7.99. The van der Waals surface area contributed by atoms with Crippen LogP contribution in [0.5, 0.6) is 11.5 Å². The van der Waals surface area contributed by atoms with Gasteiger partial charge in [-0.2, -0.15) is 8.78 Å². The zero-order valence-electron chi connectivity index (χ0n) is 18.6. The molecule has 3 rings (SSSR count). The number of hydrogen-bond donors (Lipinski definition) is 3. The third-order valence-electron chi connectivity index (χ3n) is 5.55. The van der Waals surface area contributed by atoms with Gasteiger partial charge in [0.15, 0.2) is 0 Å². The fourth-order valence-electron chi connectivity index (χ4n) is 3.71. The zero-order chi connectivity index (χ0) is 25.4. The smallest absolute Gasteiger partial charge is 0.387 e. The van der Waals surface area contributed by atoms with Crippen LogP contribution >= 0.6 is 11.6 Å². The number of rotatable bonds is 10. The van der Waals surface area contributed by atoms with E-state index in [4.69, 9.17) is 21.4 Å². The van der Waals surface area contributed by atoms with E-state index in [-0.39, 0.29) is 47.0 Å². The Labute approximate surface area is 205 Å². The monoisotopic (exact) mass is 510 g/mol. The highest BCUT2D eigenvalue weighted by molar-refractivity contribution is 6.34. The highest BCUT2D eigenvalue weighted by Crippen LogP contribution is 2.29. The predicted molar refractivity (Wildman–Crippen MR) is 123 cm³/mol. The van der Waals surface area contributed by atoms with E-state index in [9.17, 15) is 23.2 Å². The Hall–Kier alpha value is -3.40. The number of carbonyl (C=O) groups is 3. The van der Waals surface area contributed by atoms with Gasteiger partial charge < -0.3 is 25.2 Å². The van der Waals surface area contributed by atoms with E-state index in [0.29, 0.717) is 31.4 Å². The molecule has 0 atom stereocenters. The molecule has 2 amide bonds. The van der Waals surface area contributed by atoms with Gasteiger partial charge >= 0.3 is 12.6 Å². The van der Waals surface area contributed by atoms with Crippen molar-refractivity contribution >= 4 is 29.4 Å². The first-order valence-corrected chi connectivity index (χ1v) is 11.4. The molecule has 0 aromatic heterocycles. The highest BCUT2D eigenvalue weighted by atomic mass is 35.5. The van der Waals surface area contributed by atoms with Gasteiger partial charge in [0.05, 0.1) is 22.6 Å². The standard InChI is InChI=1S/C24H25ClF2N2O6/c25-20-13-18(34-16-7-3-15(4-8-16)23(32)33)9-10-19(20)22(31)29-12-11-28-21(30)14-1-5-17(6-2-14)35-24(26)27/h1-2,5-6,9-10,13,15-16,24H,3-4,7-8,11-12H2,(H,28,30)(H,29,31)(H,32,33). The van der Waals surface area contributed by atoms with Gasteiger partial charge in [0.25, 0.3) is 11.8 Å². The van der Waals surface area contributed by atoms with Crippen molar-refractivity contribution in [2.24, 2.45) is 5.92 Å². The molecule has 188 valence electrons. The minimum absolute atomic E-state index is 0.0531. The van der Waals surface area contributed by atoms with Crippen LogP contribution in [0.3, 0.4) is 0 Å². The largest absolute Gasteiger partial charge is 0.490 e. The second kappa shape index (κ2) is 12.3. The van der Waals surface area contributed by atoms with Crippen molar-refractivity contribution in [3.63, 3.8) is 0 Å². The molecule has 2 aromatic rings. The van der Waals surface area contributed by atoms with Crippen LogP contribution in [-0.4, -0.2) is 48.7 Å². The molecule has 0 unspecified atom stereocenters. The Kier molecular flexibility index (Phi) is 9.25. The van der Waals surface area contributed by atoms with E-state index in [2.05, 4.69) is 15.4 Å². The van der Waals surface area contributed by atoms with Crippen molar-refractivity contribution in [3.8, 4) is 11.5 Å². The lowest BCUT2D eigenvalue weighted by molar-refractivity contribution is -0.143. The van der Waals surface area contributed by atoms with Gasteiger partial charge in [-0.25, -0.2) is 0 Å². The van der Waals surface area contributed by atoms with Crippen LogP contribution in [-0.2, 0) is 4.79 Å². The number of amides is 2. The number of aliphatic carboxylic acids is 1. The van der Waals surface area contributed by atoms with Crippen molar-refractivity contribution in [2.45, 2.75) is 38.4 Å². The quantitative estimate of drug-likeness (QED) is 0.414. The third kappa shape index (κ3) is 7.81. The van der Waals surface area contributed by atoms with Crippen molar-refractivity contribution in [1.29, 1.82) is 0 Å². The maximum atomic E-state index is 12.4. The number of benzene rings is 2. The molecule has 0 heterocycles. The number of halogens is 3. The minimum Gasteiger partial charge on any atom is -0.490 e. The maximum Gasteiger partial charge on any atom is 0.387 e. The Bertz CT molecular complexity index is 1040. The summed E-state index contributed by atoms with van der Waals surface area (Å²) in [5, 5.41) is 14.6. The molecular weight excluding hydrogens is 486 g/mol. The summed E-state index contributed by atoms with van der Waals surface area (Å²) in [5.74, 6) is -1.52. The normalized spacial score (nSPS) is 17.5. The van der Waals surface area contributed by atoms with Crippen LogP contribution in [0.4, 0.5) is 8.78 Å². The Morgan fingerprint density at radius 2 is 1.54 bits per heavy atom. The number of carboxylic acids is 1. The summed E-state index contributed by atoms with van der Waals surface area (Å²) in [5.41, 5.74) is 0.502. The van der Waals surface area contributed by atoms with Gasteiger partial charge in [0.1, 0.15) is 11.5 Å². The van der Waals surface area contributed by atoms with Crippen molar-refractivity contribution in [1.82, 2.24) is 10.6 Å². The van der Waals surface area contributed by atoms with E-state index >= 15 is 0 Å². The van der Waals surface area contributed by atoms with Gasteiger partial charge in [-0.05, 0) is 68.1 Å². The Morgan fingerprint density at radius 3 is 2.11 bits per heavy atom. The van der Waals surface area contributed by atoms with Crippen LogP contribution in [0.25, 0.3) is 0 Å². The van der Waals surface area contributed by atoms with Crippen LogP contribution in [0.1, 0.15) is 46.4 Å². The average molecular weight is 511 g/mol. The van der Waals surface area contributed by atoms with E-state index in [1.54, 1.807) is 12.1 Å². The molecule has 35 heavy (non-hydrogen) atoms. The summed E-state index contributed by atoms with van der Waals surface area (Å²) in [7, 11) is 0. The minimum atomic E-state index is -2.94. The molecule has 0 bridgehead atoms. The van der Waals surface area contributed by atoms with Crippen molar-refractivity contribution in [3.05, 3.63) is 58.6 Å². The van der Waals surface area contributed by atoms with Crippen molar-refractivity contribution < 1.29 is 37.7 Å². The molecule has 1 aliphatic rings. The topological polar surface area (TPSA) is 114 Å². The summed E-state index contributed by atoms with van der Waals surface area (Å²) in [6, 6.07) is 9.95. The molecule has 11 heteroatoms. The molecule has 1 fully saturated rings. The number of carboxylic acid groups (broad SMARTS) is 1. The van der Waals surface area contributed by atoms with E-state index < -0.39 is 24.4 Å². The van der Waals surface area contributed by atoms with Gasteiger partial charge in [-0.1, -0.05) is 11.6 Å². The number of hydrogen-bond acceptors (Lipinski definition) is 5. The number of ether oxygens (including phenoxy) is 2. The summed E-state index contributed by atoms with van der Waals surface area (Å²) in [6.45, 7) is -2.67.